The van der Waals surface area contributed by atoms with Crippen LogP contribution in [0.5, 0.6) is 0 Å². The molecule has 0 radical (unpaired) electrons. The fourth-order valence-electron chi connectivity index (χ4n) is 3.95. The summed E-state index contributed by atoms with van der Waals surface area (Å²) in [6.45, 7) is 11.6. The minimum Gasteiger partial charge on any atom is -0.460 e. The fourth-order valence-corrected chi connectivity index (χ4v) is 3.95. The van der Waals surface area contributed by atoms with E-state index in [0.717, 1.165) is 43.3 Å². The normalized spacial score (nSPS) is 35.6. The molecule has 1 aliphatic heterocycles. The molecular weight excluding hydrogens is 328 g/mol. The smallest absolute Gasteiger partial charge is 0.303 e. The molecular formula is C22H34O4. The minimum atomic E-state index is -0.537. The molecule has 26 heavy (non-hydrogen) atoms. The van der Waals surface area contributed by atoms with Crippen molar-refractivity contribution in [1.82, 2.24) is 0 Å². The summed E-state index contributed by atoms with van der Waals surface area (Å²) in [7, 11) is 0. The number of carbonyl (C=O) groups excluding carboxylic acids is 2. The van der Waals surface area contributed by atoms with Gasteiger partial charge in [0, 0.05) is 6.92 Å². The maximum atomic E-state index is 13.0. The maximum Gasteiger partial charge on any atom is 0.303 e. The molecule has 1 saturated heterocycles. The van der Waals surface area contributed by atoms with E-state index >= 15 is 0 Å². The first kappa shape index (κ1) is 20.9. The largest absolute Gasteiger partial charge is 0.460 e. The van der Waals surface area contributed by atoms with Gasteiger partial charge in [-0.05, 0) is 85.1 Å². The third-order valence-corrected chi connectivity index (χ3v) is 5.73. The van der Waals surface area contributed by atoms with Crippen molar-refractivity contribution in [3.63, 3.8) is 0 Å². The van der Waals surface area contributed by atoms with Crippen LogP contribution in [0.25, 0.3) is 0 Å². The molecule has 0 aromatic heterocycles. The zero-order valence-corrected chi connectivity index (χ0v) is 17.2. The van der Waals surface area contributed by atoms with E-state index in [0.29, 0.717) is 12.8 Å². The van der Waals surface area contributed by atoms with Crippen LogP contribution in [0.3, 0.4) is 0 Å². The van der Waals surface area contributed by atoms with E-state index in [-0.39, 0.29) is 23.5 Å². The molecule has 0 aromatic rings. The molecule has 0 spiro atoms. The van der Waals surface area contributed by atoms with Gasteiger partial charge in [-0.15, -0.1) is 0 Å². The third kappa shape index (κ3) is 5.29. The monoisotopic (exact) mass is 362 g/mol. The van der Waals surface area contributed by atoms with Crippen molar-refractivity contribution in [2.45, 2.75) is 104 Å². The average Bonchev–Trinajstić information content (AvgIpc) is 3.17. The molecule has 0 unspecified atom stereocenters. The molecule has 0 aromatic carbocycles. The summed E-state index contributed by atoms with van der Waals surface area (Å²) in [6, 6.07) is 0. The molecule has 1 aliphatic carbocycles. The van der Waals surface area contributed by atoms with E-state index in [1.54, 1.807) is 0 Å². The molecule has 0 bridgehead atoms. The second-order valence-electron chi connectivity index (χ2n) is 8.64. The molecule has 3 atom stereocenters. The Balaban J connectivity index is 2.25. The van der Waals surface area contributed by atoms with Crippen molar-refractivity contribution in [3.05, 3.63) is 22.8 Å². The Labute approximate surface area is 158 Å². The van der Waals surface area contributed by atoms with Crippen molar-refractivity contribution in [1.29, 1.82) is 0 Å². The van der Waals surface area contributed by atoms with Crippen molar-refractivity contribution in [2.75, 3.05) is 0 Å². The topological polar surface area (TPSA) is 55.9 Å². The highest BCUT2D eigenvalue weighted by molar-refractivity contribution is 6.01. The van der Waals surface area contributed by atoms with Crippen LogP contribution >= 0.6 is 0 Å². The van der Waals surface area contributed by atoms with Crippen molar-refractivity contribution >= 4 is 11.8 Å². The molecule has 2 rings (SSSR count). The summed E-state index contributed by atoms with van der Waals surface area (Å²) in [5.74, 6) is -0.153. The third-order valence-electron chi connectivity index (χ3n) is 5.73. The molecule has 0 saturated carbocycles. The number of rotatable bonds is 1. The van der Waals surface area contributed by atoms with E-state index in [2.05, 4.69) is 13.0 Å². The number of hydrogen-bond donors (Lipinski definition) is 0. The molecule has 1 fully saturated rings. The highest BCUT2D eigenvalue weighted by atomic mass is 16.6. The second-order valence-corrected chi connectivity index (χ2v) is 8.64. The SMILES string of the molecule is CC(=O)O[C@@]1(C)CCC/C(C)=C/CC[C@@]2(C)O[C@H]2C(=O)C(=C(C)C)CC1. The molecule has 0 amide bonds. The Morgan fingerprint density at radius 1 is 1.15 bits per heavy atom. The number of esters is 1. The van der Waals surface area contributed by atoms with Gasteiger partial charge in [0.2, 0.25) is 0 Å². The van der Waals surface area contributed by atoms with Gasteiger partial charge in [-0.1, -0.05) is 17.2 Å². The Bertz CT molecular complexity index is 626. The standard InChI is InChI=1S/C22H34O4/c1-15(2)18-11-14-21(5,25-17(4)23)12-7-9-16(3)10-8-13-22(6)20(26-22)19(18)24/h10,20H,7-9,11-14H2,1-6H3/b16-10+/t20-,21-,22+/m0/s1. The first-order chi connectivity index (χ1) is 12.1. The molecule has 4 nitrogen and oxygen atoms in total. The number of hydrogen-bond acceptors (Lipinski definition) is 4. The molecule has 146 valence electrons. The van der Waals surface area contributed by atoms with E-state index in [4.69, 9.17) is 9.47 Å². The molecule has 1 heterocycles. The first-order valence-corrected chi connectivity index (χ1v) is 9.80. The fraction of sp³-hybridized carbons (Fsp3) is 0.727. The zero-order chi connectivity index (χ0) is 19.5. The Morgan fingerprint density at radius 3 is 2.46 bits per heavy atom. The van der Waals surface area contributed by atoms with Gasteiger partial charge in [-0.2, -0.15) is 0 Å². The highest BCUT2D eigenvalue weighted by Crippen LogP contribution is 2.43. The van der Waals surface area contributed by atoms with Gasteiger partial charge >= 0.3 is 5.97 Å². The van der Waals surface area contributed by atoms with Gasteiger partial charge in [-0.25, -0.2) is 0 Å². The van der Waals surface area contributed by atoms with Crippen molar-refractivity contribution in [3.8, 4) is 0 Å². The summed E-state index contributed by atoms with van der Waals surface area (Å²) in [5, 5.41) is 0. The summed E-state index contributed by atoms with van der Waals surface area (Å²) < 4.78 is 11.5. The number of ether oxygens (including phenoxy) is 2. The lowest BCUT2D eigenvalue weighted by atomic mass is 9.85. The Kier molecular flexibility index (Phi) is 6.49. The number of Topliss-reactive ketones (excluding diaryl/α,β-unsaturated/α-hetero) is 1. The van der Waals surface area contributed by atoms with Gasteiger partial charge in [0.05, 0.1) is 0 Å². The number of allylic oxidation sites excluding steroid dienone is 3. The number of fused-ring (bicyclic) bond motifs is 1. The highest BCUT2D eigenvalue weighted by Gasteiger charge is 2.56. The van der Waals surface area contributed by atoms with Crippen LogP contribution in [0.15, 0.2) is 22.8 Å². The van der Waals surface area contributed by atoms with E-state index < -0.39 is 5.60 Å². The lowest BCUT2D eigenvalue weighted by Crippen LogP contribution is -2.32. The van der Waals surface area contributed by atoms with Crippen LogP contribution in [0.1, 0.15) is 86.5 Å². The van der Waals surface area contributed by atoms with Crippen LogP contribution < -0.4 is 0 Å². The number of carbonyl (C=O) groups is 2. The van der Waals surface area contributed by atoms with Crippen LogP contribution in [-0.4, -0.2) is 29.1 Å². The average molecular weight is 363 g/mol. The van der Waals surface area contributed by atoms with Crippen molar-refractivity contribution < 1.29 is 19.1 Å². The Morgan fingerprint density at radius 2 is 1.85 bits per heavy atom. The number of epoxide rings is 1. The van der Waals surface area contributed by atoms with Gasteiger partial charge in [0.15, 0.2) is 5.78 Å². The molecule has 4 heteroatoms. The quantitative estimate of drug-likeness (QED) is 0.283. The van der Waals surface area contributed by atoms with E-state index in [1.165, 1.54) is 12.5 Å². The lowest BCUT2D eigenvalue weighted by molar-refractivity contribution is -0.156. The van der Waals surface area contributed by atoms with Crippen LogP contribution in [-0.2, 0) is 19.1 Å². The minimum absolute atomic E-state index is 0.107. The molecule has 2 aliphatic rings. The first-order valence-electron chi connectivity index (χ1n) is 9.80. The van der Waals surface area contributed by atoms with Crippen LogP contribution in [0, 0.1) is 0 Å². The second kappa shape index (κ2) is 8.08. The van der Waals surface area contributed by atoms with E-state index in [9.17, 15) is 9.59 Å². The van der Waals surface area contributed by atoms with Gasteiger partial charge < -0.3 is 9.47 Å². The van der Waals surface area contributed by atoms with Crippen LogP contribution in [0.2, 0.25) is 0 Å². The van der Waals surface area contributed by atoms with Crippen LogP contribution in [0.4, 0.5) is 0 Å². The lowest BCUT2D eigenvalue weighted by Gasteiger charge is -2.30. The Hall–Kier alpha value is -1.42. The predicted octanol–water partition coefficient (Wildman–Crippen LogP) is 5.06. The summed E-state index contributed by atoms with van der Waals surface area (Å²) >= 11 is 0. The van der Waals surface area contributed by atoms with Gasteiger partial charge in [0.1, 0.15) is 17.3 Å². The van der Waals surface area contributed by atoms with Gasteiger partial charge in [-0.3, -0.25) is 9.59 Å². The van der Waals surface area contributed by atoms with E-state index in [1.807, 2.05) is 27.7 Å². The number of ketones is 1. The predicted molar refractivity (Wildman–Crippen MR) is 103 cm³/mol. The summed E-state index contributed by atoms with van der Waals surface area (Å²) in [4.78, 5) is 24.6. The maximum absolute atomic E-state index is 13.0. The summed E-state index contributed by atoms with van der Waals surface area (Å²) in [6.07, 6.45) is 7.79. The zero-order valence-electron chi connectivity index (χ0n) is 17.2. The summed E-state index contributed by atoms with van der Waals surface area (Å²) in [5.41, 5.74) is 2.34. The van der Waals surface area contributed by atoms with Gasteiger partial charge in [0.25, 0.3) is 0 Å². The molecule has 0 N–H and O–H groups in total. The van der Waals surface area contributed by atoms with Crippen molar-refractivity contribution in [2.24, 2.45) is 0 Å².